The van der Waals surface area contributed by atoms with Crippen LogP contribution in [-0.2, 0) is 45.5 Å². The summed E-state index contributed by atoms with van der Waals surface area (Å²) in [7, 11) is -9.17. The van der Waals surface area contributed by atoms with Crippen molar-refractivity contribution in [2.24, 2.45) is 0 Å². The van der Waals surface area contributed by atoms with Gasteiger partial charge in [0.1, 0.15) is 9.79 Å². The molecule has 0 heterocycles. The third-order valence-electron chi connectivity index (χ3n) is 2.13. The van der Waals surface area contributed by atoms with Crippen LogP contribution >= 0.6 is 0 Å². The SMILES string of the molecule is O=S(=O)([O-])CCS(=O)(=O)[O-].[SH2+]c1ccccc1.[SH2+]c1ccccc1. The summed E-state index contributed by atoms with van der Waals surface area (Å²) in [5.74, 6) is -2.31. The van der Waals surface area contributed by atoms with Gasteiger partial charge in [-0.25, -0.2) is 16.8 Å². The van der Waals surface area contributed by atoms with Crippen LogP contribution in [0.1, 0.15) is 0 Å². The van der Waals surface area contributed by atoms with Crippen LogP contribution in [-0.4, -0.2) is 37.4 Å². The smallest absolute Gasteiger partial charge is 0.150 e. The number of benzene rings is 2. The summed E-state index contributed by atoms with van der Waals surface area (Å²) in [5, 5.41) is 0. The summed E-state index contributed by atoms with van der Waals surface area (Å²) < 4.78 is 58.3. The molecule has 0 saturated carbocycles. The molecule has 10 heteroatoms. The molecule has 134 valence electrons. The number of rotatable bonds is 3. The Hall–Kier alpha value is -1.04. The van der Waals surface area contributed by atoms with Gasteiger partial charge >= 0.3 is 0 Å². The van der Waals surface area contributed by atoms with Crippen LogP contribution in [0.25, 0.3) is 0 Å². The lowest BCUT2D eigenvalue weighted by Gasteiger charge is -2.08. The van der Waals surface area contributed by atoms with E-state index < -0.39 is 31.7 Å². The van der Waals surface area contributed by atoms with Gasteiger partial charge in [0.15, 0.2) is 0 Å². The second-order valence-electron chi connectivity index (χ2n) is 4.26. The first-order valence-corrected chi connectivity index (χ1v) is 10.6. The van der Waals surface area contributed by atoms with Crippen molar-refractivity contribution in [2.45, 2.75) is 9.79 Å². The Morgan fingerprint density at radius 3 is 1.00 bits per heavy atom. The molecule has 0 aliphatic rings. The molecule has 0 fully saturated rings. The molecule has 0 aromatic heterocycles. The molecule has 2 aromatic rings. The lowest BCUT2D eigenvalue weighted by Crippen LogP contribution is -2.15. The fraction of sp³-hybridized carbons (Fsp3) is 0.143. The first kappa shape index (κ1) is 23.0. The van der Waals surface area contributed by atoms with Gasteiger partial charge in [-0.3, -0.25) is 0 Å². The van der Waals surface area contributed by atoms with Gasteiger partial charge in [0.25, 0.3) is 0 Å². The Morgan fingerprint density at radius 2 is 0.875 bits per heavy atom. The Balaban J connectivity index is 0.000000337. The predicted octanol–water partition coefficient (Wildman–Crippen LogP) is 0.191. The lowest BCUT2D eigenvalue weighted by atomic mass is 10.4. The van der Waals surface area contributed by atoms with Gasteiger partial charge in [-0.05, 0) is 49.5 Å². The van der Waals surface area contributed by atoms with E-state index >= 15 is 0 Å². The van der Waals surface area contributed by atoms with E-state index in [0.717, 1.165) is 9.79 Å². The molecule has 0 aliphatic carbocycles. The average Bonchev–Trinajstić information content (AvgIpc) is 2.47. The molecule has 0 amide bonds. The lowest BCUT2D eigenvalue weighted by molar-refractivity contribution is 0.452. The average molecular weight is 411 g/mol. The van der Waals surface area contributed by atoms with E-state index in [9.17, 15) is 25.9 Å². The fourth-order valence-corrected chi connectivity index (χ4v) is 3.10. The highest BCUT2D eigenvalue weighted by Gasteiger charge is 1.99. The zero-order valence-corrected chi connectivity index (χ0v) is 16.1. The Labute approximate surface area is 153 Å². The molecule has 0 radical (unpaired) electrons. The zero-order valence-electron chi connectivity index (χ0n) is 12.5. The molecule has 0 unspecified atom stereocenters. The van der Waals surface area contributed by atoms with Crippen molar-refractivity contribution >= 4 is 45.5 Å². The van der Waals surface area contributed by atoms with Crippen molar-refractivity contribution in [3.8, 4) is 0 Å². The van der Waals surface area contributed by atoms with E-state index in [2.05, 4.69) is 25.3 Å². The summed E-state index contributed by atoms with van der Waals surface area (Å²) >= 11 is 6.71. The summed E-state index contributed by atoms with van der Waals surface area (Å²) in [6, 6.07) is 19.9. The highest BCUT2D eigenvalue weighted by atomic mass is 32.2. The van der Waals surface area contributed by atoms with Crippen LogP contribution in [0.15, 0.2) is 70.5 Å². The second-order valence-corrected chi connectivity index (χ2v) is 8.46. The number of hydrogen-bond acceptors (Lipinski definition) is 6. The van der Waals surface area contributed by atoms with Crippen molar-refractivity contribution in [1.29, 1.82) is 0 Å². The van der Waals surface area contributed by atoms with E-state index in [1.807, 2.05) is 60.7 Å². The van der Waals surface area contributed by atoms with Crippen LogP contribution in [0, 0.1) is 0 Å². The predicted molar refractivity (Wildman–Crippen MR) is 98.9 cm³/mol. The summed E-state index contributed by atoms with van der Waals surface area (Å²) in [4.78, 5) is 2.25. The topological polar surface area (TPSA) is 114 Å². The molecule has 0 spiro atoms. The third kappa shape index (κ3) is 17.3. The van der Waals surface area contributed by atoms with Gasteiger partial charge in [-0.1, -0.05) is 36.4 Å². The Bertz CT molecular complexity index is 705. The van der Waals surface area contributed by atoms with Gasteiger partial charge in [0.2, 0.25) is 0 Å². The maximum atomic E-state index is 9.72. The normalized spacial score (nSPS) is 10.7. The maximum absolute atomic E-state index is 9.72. The van der Waals surface area contributed by atoms with Crippen LogP contribution in [0.2, 0.25) is 0 Å². The highest BCUT2D eigenvalue weighted by Crippen LogP contribution is 1.93. The molecule has 0 bridgehead atoms. The molecule has 24 heavy (non-hydrogen) atoms. The van der Waals surface area contributed by atoms with Gasteiger partial charge in [-0.15, -0.1) is 0 Å². The molecule has 0 N–H and O–H groups in total. The summed E-state index contributed by atoms with van der Waals surface area (Å²) in [6.45, 7) is 0. The van der Waals surface area contributed by atoms with Gasteiger partial charge in [0.05, 0.1) is 31.7 Å². The first-order valence-electron chi connectivity index (χ1n) is 6.40. The monoisotopic (exact) mass is 410 g/mol. The van der Waals surface area contributed by atoms with Crippen molar-refractivity contribution in [3.63, 3.8) is 0 Å². The van der Waals surface area contributed by atoms with Crippen LogP contribution in [0.4, 0.5) is 0 Å². The Morgan fingerprint density at radius 1 is 0.625 bits per heavy atom. The van der Waals surface area contributed by atoms with E-state index in [-0.39, 0.29) is 0 Å². The van der Waals surface area contributed by atoms with E-state index in [1.54, 1.807) is 0 Å². The van der Waals surface area contributed by atoms with Gasteiger partial charge in [-0.2, -0.15) is 0 Å². The molecule has 0 aliphatic heterocycles. The van der Waals surface area contributed by atoms with Crippen LogP contribution in [0.5, 0.6) is 0 Å². The van der Waals surface area contributed by atoms with Crippen molar-refractivity contribution in [2.75, 3.05) is 11.5 Å². The van der Waals surface area contributed by atoms with Crippen molar-refractivity contribution < 1.29 is 25.9 Å². The quantitative estimate of drug-likeness (QED) is 0.527. The maximum Gasteiger partial charge on any atom is 0.150 e. The van der Waals surface area contributed by atoms with Crippen LogP contribution < -0.4 is 0 Å². The van der Waals surface area contributed by atoms with E-state index in [4.69, 9.17) is 0 Å². The van der Waals surface area contributed by atoms with Crippen molar-refractivity contribution in [3.05, 3.63) is 60.7 Å². The molecule has 6 nitrogen and oxygen atoms in total. The molecule has 0 atom stereocenters. The summed E-state index contributed by atoms with van der Waals surface area (Å²) in [5.41, 5.74) is 0. The molecular formula is C14H18O6S4. The minimum atomic E-state index is -4.59. The summed E-state index contributed by atoms with van der Waals surface area (Å²) in [6.07, 6.45) is 0. The van der Waals surface area contributed by atoms with E-state index in [1.165, 1.54) is 0 Å². The Kier molecular flexibility index (Phi) is 11.0. The molecule has 2 aromatic carbocycles. The van der Waals surface area contributed by atoms with Crippen molar-refractivity contribution in [1.82, 2.24) is 0 Å². The fourth-order valence-electron chi connectivity index (χ4n) is 1.08. The second kappa shape index (κ2) is 11.5. The third-order valence-corrected chi connectivity index (χ3v) is 4.46. The largest absolute Gasteiger partial charge is 0.748 e. The van der Waals surface area contributed by atoms with Gasteiger partial charge < -0.3 is 9.11 Å². The number of hydrogen-bond donors (Lipinski definition) is 0. The standard InChI is InChI=1S/2C6H6S.C2H6O6S2/c2*7-6-4-2-1-3-5-6;3-9(4,5)1-2-10(6,7)8/h2*1-5,7H;1-2H2,(H,3,4,5)(H,6,7,8). The molecule has 0 saturated heterocycles. The van der Waals surface area contributed by atoms with E-state index in [0.29, 0.717) is 0 Å². The zero-order chi connectivity index (χ0) is 18.6. The minimum Gasteiger partial charge on any atom is -0.748 e. The highest BCUT2D eigenvalue weighted by molar-refractivity contribution is 7.89. The molecular weight excluding hydrogens is 392 g/mol. The van der Waals surface area contributed by atoms with Crippen LogP contribution in [0.3, 0.4) is 0 Å². The van der Waals surface area contributed by atoms with Gasteiger partial charge in [0, 0.05) is 0 Å². The minimum absolute atomic E-state index is 1.13. The molecule has 2 rings (SSSR count). The first-order chi connectivity index (χ1) is 11.0.